The third-order valence-electron chi connectivity index (χ3n) is 2.57. The fourth-order valence-corrected chi connectivity index (χ4v) is 2.58. The first-order chi connectivity index (χ1) is 6.70. The van der Waals surface area contributed by atoms with E-state index in [0.29, 0.717) is 4.08 Å². The average molecular weight is 226 g/mol. The number of aryl methyl sites for hydroxylation is 1. The van der Waals surface area contributed by atoms with Gasteiger partial charge in [0.05, 0.1) is 4.08 Å². The molecule has 0 amide bonds. The van der Waals surface area contributed by atoms with Crippen LogP contribution in [0.1, 0.15) is 18.9 Å². The molecule has 0 saturated carbocycles. The summed E-state index contributed by atoms with van der Waals surface area (Å²) in [6, 6.07) is 10.7. The van der Waals surface area contributed by atoms with E-state index in [0.717, 1.165) is 0 Å². The smallest absolute Gasteiger partial charge is 0.0580 e. The highest BCUT2D eigenvalue weighted by atomic mass is 32.2. The van der Waals surface area contributed by atoms with Gasteiger partial charge in [0.2, 0.25) is 0 Å². The first kappa shape index (κ1) is 12.0. The molecule has 0 aliphatic heterocycles. The van der Waals surface area contributed by atoms with Gasteiger partial charge in [-0.25, -0.2) is 0 Å². The summed E-state index contributed by atoms with van der Waals surface area (Å²) in [6.07, 6.45) is 6.81. The molecule has 1 aromatic rings. The molecular weight excluding hydrogens is 208 g/mol. The molecule has 0 spiro atoms. The Morgan fingerprint density at radius 1 is 1.07 bits per heavy atom. The topological polar surface area (TPSA) is 0 Å². The largest absolute Gasteiger partial charge is 0.148 e. The van der Waals surface area contributed by atoms with Crippen molar-refractivity contribution in [2.24, 2.45) is 0 Å². The molecule has 2 heteroatoms. The Kier molecular flexibility index (Phi) is 4.90. The quantitative estimate of drug-likeness (QED) is 0.694. The summed E-state index contributed by atoms with van der Waals surface area (Å²) < 4.78 is 0.371. The van der Waals surface area contributed by atoms with Gasteiger partial charge in [-0.05, 0) is 37.8 Å². The Hall–Kier alpha value is -0.0800. The Bertz CT molecular complexity index is 252. The lowest BCUT2D eigenvalue weighted by Gasteiger charge is -2.24. The zero-order valence-electron chi connectivity index (χ0n) is 9.12. The average Bonchev–Trinajstić information content (AvgIpc) is 2.27. The van der Waals surface area contributed by atoms with E-state index in [1.807, 2.05) is 23.5 Å². The van der Waals surface area contributed by atoms with Crippen LogP contribution >= 0.6 is 23.5 Å². The fraction of sp³-hybridized carbons (Fsp3) is 0.500. The highest BCUT2D eigenvalue weighted by Gasteiger charge is 2.20. The van der Waals surface area contributed by atoms with Crippen LogP contribution in [-0.2, 0) is 6.42 Å². The van der Waals surface area contributed by atoms with E-state index in [9.17, 15) is 0 Å². The van der Waals surface area contributed by atoms with Gasteiger partial charge in [0, 0.05) is 0 Å². The van der Waals surface area contributed by atoms with E-state index in [2.05, 4.69) is 49.8 Å². The lowest BCUT2D eigenvalue weighted by atomic mass is 10.1. The van der Waals surface area contributed by atoms with Gasteiger partial charge in [0.15, 0.2) is 0 Å². The molecule has 0 aromatic heterocycles. The molecule has 1 aromatic carbocycles. The van der Waals surface area contributed by atoms with Crippen LogP contribution in [0.2, 0.25) is 0 Å². The van der Waals surface area contributed by atoms with Crippen molar-refractivity contribution in [2.45, 2.75) is 23.8 Å². The molecule has 0 atom stereocenters. The van der Waals surface area contributed by atoms with Crippen LogP contribution in [0.4, 0.5) is 0 Å². The lowest BCUT2D eigenvalue weighted by Crippen LogP contribution is -2.14. The van der Waals surface area contributed by atoms with Crippen LogP contribution in [0, 0.1) is 0 Å². The summed E-state index contributed by atoms with van der Waals surface area (Å²) in [5.41, 5.74) is 1.45. The summed E-state index contributed by atoms with van der Waals surface area (Å²) in [5, 5.41) is 0. The zero-order valence-corrected chi connectivity index (χ0v) is 10.8. The molecule has 0 heterocycles. The summed E-state index contributed by atoms with van der Waals surface area (Å²) in [4.78, 5) is 0. The Morgan fingerprint density at radius 3 is 2.14 bits per heavy atom. The van der Waals surface area contributed by atoms with Crippen LogP contribution in [-0.4, -0.2) is 16.6 Å². The number of hydrogen-bond acceptors (Lipinski definition) is 2. The number of benzene rings is 1. The molecule has 0 N–H and O–H groups in total. The third-order valence-corrected chi connectivity index (χ3v) is 5.71. The van der Waals surface area contributed by atoms with Gasteiger partial charge in [0.25, 0.3) is 0 Å². The van der Waals surface area contributed by atoms with Crippen molar-refractivity contribution in [3.8, 4) is 0 Å². The minimum absolute atomic E-state index is 0.371. The molecule has 0 bridgehead atoms. The second-order valence-electron chi connectivity index (χ2n) is 3.53. The maximum atomic E-state index is 2.32. The van der Waals surface area contributed by atoms with Crippen LogP contribution < -0.4 is 0 Å². The molecule has 0 nitrogen and oxygen atoms in total. The van der Waals surface area contributed by atoms with Crippen molar-refractivity contribution < 1.29 is 0 Å². The van der Waals surface area contributed by atoms with Gasteiger partial charge in [-0.2, -0.15) is 0 Å². The number of rotatable bonds is 5. The van der Waals surface area contributed by atoms with Crippen molar-refractivity contribution in [1.82, 2.24) is 0 Å². The van der Waals surface area contributed by atoms with Gasteiger partial charge >= 0.3 is 0 Å². The maximum Gasteiger partial charge on any atom is 0.0580 e. The fourth-order valence-electron chi connectivity index (χ4n) is 1.30. The van der Waals surface area contributed by atoms with E-state index in [4.69, 9.17) is 0 Å². The van der Waals surface area contributed by atoms with Crippen molar-refractivity contribution in [2.75, 3.05) is 12.5 Å². The lowest BCUT2D eigenvalue weighted by molar-refractivity contribution is 0.770. The predicted molar refractivity (Wildman–Crippen MR) is 70.2 cm³/mol. The molecular formula is C12H18S2. The van der Waals surface area contributed by atoms with Crippen LogP contribution in [0.15, 0.2) is 30.3 Å². The highest BCUT2D eigenvalue weighted by molar-refractivity contribution is 8.17. The Labute approximate surface area is 95.9 Å². The Balaban J connectivity index is 2.48. The maximum absolute atomic E-state index is 2.32. The van der Waals surface area contributed by atoms with Gasteiger partial charge in [-0.15, -0.1) is 23.5 Å². The van der Waals surface area contributed by atoms with Gasteiger partial charge in [-0.1, -0.05) is 30.3 Å². The second kappa shape index (κ2) is 5.72. The minimum atomic E-state index is 0.371. The molecule has 1 rings (SSSR count). The molecule has 0 unspecified atom stereocenters. The standard InChI is InChI=1S/C12H18S2/c1-12(13-2,14-3)10-9-11-7-5-4-6-8-11/h4-8H,9-10H2,1-3H3. The molecule has 0 fully saturated rings. The van der Waals surface area contributed by atoms with E-state index in [1.54, 1.807) is 0 Å². The zero-order chi connectivity index (χ0) is 10.4. The van der Waals surface area contributed by atoms with Crippen LogP contribution in [0.25, 0.3) is 0 Å². The van der Waals surface area contributed by atoms with Crippen molar-refractivity contribution in [3.05, 3.63) is 35.9 Å². The van der Waals surface area contributed by atoms with E-state index < -0.39 is 0 Å². The van der Waals surface area contributed by atoms with Crippen LogP contribution in [0.5, 0.6) is 0 Å². The van der Waals surface area contributed by atoms with Gasteiger partial charge in [0.1, 0.15) is 0 Å². The van der Waals surface area contributed by atoms with Gasteiger partial charge in [-0.3, -0.25) is 0 Å². The SMILES string of the molecule is CSC(C)(CCc1ccccc1)SC. The van der Waals surface area contributed by atoms with E-state index >= 15 is 0 Å². The van der Waals surface area contributed by atoms with Crippen molar-refractivity contribution in [3.63, 3.8) is 0 Å². The predicted octanol–water partition coefficient (Wildman–Crippen LogP) is 4.06. The summed E-state index contributed by atoms with van der Waals surface area (Å²) in [6.45, 7) is 2.32. The molecule has 0 aliphatic carbocycles. The van der Waals surface area contributed by atoms with Crippen LogP contribution in [0.3, 0.4) is 0 Å². The van der Waals surface area contributed by atoms with E-state index in [-0.39, 0.29) is 0 Å². The molecule has 0 radical (unpaired) electrons. The first-order valence-electron chi connectivity index (χ1n) is 4.84. The highest BCUT2D eigenvalue weighted by Crippen LogP contribution is 2.37. The second-order valence-corrected chi connectivity index (χ2v) is 6.40. The molecule has 78 valence electrons. The third kappa shape index (κ3) is 3.58. The Morgan fingerprint density at radius 2 is 1.64 bits per heavy atom. The number of thioether (sulfide) groups is 2. The summed E-state index contributed by atoms with van der Waals surface area (Å²) >= 11 is 3.91. The van der Waals surface area contributed by atoms with Crippen molar-refractivity contribution in [1.29, 1.82) is 0 Å². The van der Waals surface area contributed by atoms with E-state index in [1.165, 1.54) is 18.4 Å². The normalized spacial score (nSPS) is 11.6. The first-order valence-corrected chi connectivity index (χ1v) is 7.29. The molecule has 14 heavy (non-hydrogen) atoms. The van der Waals surface area contributed by atoms with Crippen molar-refractivity contribution >= 4 is 23.5 Å². The number of hydrogen-bond donors (Lipinski definition) is 0. The molecule has 0 saturated heterocycles. The minimum Gasteiger partial charge on any atom is -0.148 e. The molecule has 0 aliphatic rings. The summed E-state index contributed by atoms with van der Waals surface area (Å²) in [5.74, 6) is 0. The monoisotopic (exact) mass is 226 g/mol. The summed E-state index contributed by atoms with van der Waals surface area (Å²) in [7, 11) is 0. The van der Waals surface area contributed by atoms with Gasteiger partial charge < -0.3 is 0 Å².